The molecule has 4 nitrogen and oxygen atoms in total. The topological polar surface area (TPSA) is 59.2 Å². The predicted molar refractivity (Wildman–Crippen MR) is 75.4 cm³/mol. The quantitative estimate of drug-likeness (QED) is 0.884. The van der Waals surface area contributed by atoms with Gasteiger partial charge in [-0.05, 0) is 35.7 Å². The van der Waals surface area contributed by atoms with E-state index in [1.54, 1.807) is 6.07 Å². The molecule has 0 saturated heterocycles. The molecule has 0 aliphatic heterocycles. The lowest BCUT2D eigenvalue weighted by atomic mass is 10.0. The minimum Gasteiger partial charge on any atom is -0.465 e. The second kappa shape index (κ2) is 5.84. The summed E-state index contributed by atoms with van der Waals surface area (Å²) in [4.78, 5) is 25.9. The van der Waals surface area contributed by atoms with E-state index in [9.17, 15) is 9.59 Å². The number of aromatic nitrogens is 1. The van der Waals surface area contributed by atoms with E-state index in [-0.39, 0.29) is 5.56 Å². The number of benzene rings is 1. The van der Waals surface area contributed by atoms with Gasteiger partial charge in [-0.25, -0.2) is 4.79 Å². The average Bonchev–Trinajstić information content (AvgIpc) is 2.38. The summed E-state index contributed by atoms with van der Waals surface area (Å²) in [5.41, 5.74) is 1.28. The molecule has 5 heteroatoms. The summed E-state index contributed by atoms with van der Waals surface area (Å²) in [7, 11) is 1.26. The van der Waals surface area contributed by atoms with Crippen molar-refractivity contribution in [1.82, 2.24) is 4.98 Å². The van der Waals surface area contributed by atoms with Gasteiger partial charge in [0.05, 0.1) is 7.11 Å². The van der Waals surface area contributed by atoms with Crippen LogP contribution in [0.25, 0.3) is 0 Å². The summed E-state index contributed by atoms with van der Waals surface area (Å²) in [6.45, 7) is 0. The van der Waals surface area contributed by atoms with Crippen molar-refractivity contribution in [3.63, 3.8) is 0 Å². The number of pyridine rings is 1. The van der Waals surface area contributed by atoms with Crippen LogP contribution in [0.1, 0.15) is 21.5 Å². The monoisotopic (exact) mass is 321 g/mol. The molecular weight excluding hydrogens is 310 g/mol. The van der Waals surface area contributed by atoms with Crippen LogP contribution in [0, 0.1) is 0 Å². The van der Waals surface area contributed by atoms with E-state index in [0.29, 0.717) is 12.0 Å². The van der Waals surface area contributed by atoms with Crippen LogP contribution in [0.3, 0.4) is 0 Å². The Labute approximate surface area is 118 Å². The van der Waals surface area contributed by atoms with Gasteiger partial charge in [0.25, 0.3) is 5.56 Å². The van der Waals surface area contributed by atoms with Gasteiger partial charge >= 0.3 is 5.97 Å². The van der Waals surface area contributed by atoms with E-state index < -0.39 is 11.5 Å². The number of esters is 1. The highest BCUT2D eigenvalue weighted by molar-refractivity contribution is 9.10. The van der Waals surface area contributed by atoms with Crippen LogP contribution in [0.15, 0.2) is 45.8 Å². The molecule has 0 unspecified atom stereocenters. The molecule has 98 valence electrons. The lowest BCUT2D eigenvalue weighted by Gasteiger charge is -2.07. The lowest BCUT2D eigenvalue weighted by molar-refractivity contribution is 0.0597. The summed E-state index contributed by atoms with van der Waals surface area (Å²) < 4.78 is 5.60. The maximum absolute atomic E-state index is 11.7. The number of carbonyl (C=O) groups is 1. The van der Waals surface area contributed by atoms with Gasteiger partial charge in [0.1, 0.15) is 5.56 Å². The Balaban J connectivity index is 2.43. The third kappa shape index (κ3) is 3.12. The van der Waals surface area contributed by atoms with Gasteiger partial charge < -0.3 is 9.72 Å². The zero-order valence-electron chi connectivity index (χ0n) is 10.3. The second-order valence-electron chi connectivity index (χ2n) is 4.01. The maximum atomic E-state index is 11.7. The average molecular weight is 322 g/mol. The first-order valence-electron chi connectivity index (χ1n) is 5.65. The Hall–Kier alpha value is -1.88. The standard InChI is InChI=1S/C14H12BrNO3/c1-19-14(18)12-10(5-6-16-13(12)17)7-9-3-2-4-11(15)8-9/h2-6,8H,7H2,1H3,(H,16,17). The molecule has 1 N–H and O–H groups in total. The van der Waals surface area contributed by atoms with Crippen molar-refractivity contribution < 1.29 is 9.53 Å². The van der Waals surface area contributed by atoms with Gasteiger partial charge in [-0.15, -0.1) is 0 Å². The van der Waals surface area contributed by atoms with Crippen molar-refractivity contribution >= 4 is 21.9 Å². The van der Waals surface area contributed by atoms with Crippen LogP contribution in [0.5, 0.6) is 0 Å². The molecule has 2 aromatic rings. The van der Waals surface area contributed by atoms with Crippen molar-refractivity contribution in [2.45, 2.75) is 6.42 Å². The number of H-pyrrole nitrogens is 1. The van der Waals surface area contributed by atoms with Crippen LogP contribution in [0.4, 0.5) is 0 Å². The summed E-state index contributed by atoms with van der Waals surface area (Å²) >= 11 is 3.39. The van der Waals surface area contributed by atoms with Crippen molar-refractivity contribution in [1.29, 1.82) is 0 Å². The summed E-state index contributed by atoms with van der Waals surface area (Å²) in [5, 5.41) is 0. The van der Waals surface area contributed by atoms with E-state index in [1.807, 2.05) is 24.3 Å². The second-order valence-corrected chi connectivity index (χ2v) is 4.92. The van der Waals surface area contributed by atoms with Gasteiger partial charge in [-0.3, -0.25) is 4.79 Å². The Bertz CT molecular complexity index is 664. The molecule has 0 saturated carbocycles. The fourth-order valence-electron chi connectivity index (χ4n) is 1.86. The maximum Gasteiger partial charge on any atom is 0.343 e. The number of hydrogen-bond donors (Lipinski definition) is 1. The first-order valence-corrected chi connectivity index (χ1v) is 6.44. The molecule has 0 radical (unpaired) electrons. The number of halogens is 1. The minimum absolute atomic E-state index is 0.0602. The Morgan fingerprint density at radius 1 is 1.37 bits per heavy atom. The highest BCUT2D eigenvalue weighted by Crippen LogP contribution is 2.16. The third-order valence-corrected chi connectivity index (χ3v) is 3.21. The Morgan fingerprint density at radius 2 is 2.16 bits per heavy atom. The SMILES string of the molecule is COC(=O)c1c(Cc2cccc(Br)c2)cc[nH]c1=O. The van der Waals surface area contributed by atoms with Crippen LogP contribution in [-0.2, 0) is 11.2 Å². The van der Waals surface area contributed by atoms with E-state index in [0.717, 1.165) is 10.0 Å². The van der Waals surface area contributed by atoms with E-state index in [2.05, 4.69) is 25.7 Å². The summed E-state index contributed by atoms with van der Waals surface area (Å²) in [6, 6.07) is 9.43. The number of hydrogen-bond acceptors (Lipinski definition) is 3. The number of methoxy groups -OCH3 is 1. The van der Waals surface area contributed by atoms with Crippen LogP contribution >= 0.6 is 15.9 Å². The first kappa shape index (κ1) is 13.5. The fraction of sp³-hybridized carbons (Fsp3) is 0.143. The zero-order chi connectivity index (χ0) is 13.8. The normalized spacial score (nSPS) is 10.2. The molecule has 1 aromatic carbocycles. The molecular formula is C14H12BrNO3. The minimum atomic E-state index is -0.619. The number of nitrogens with one attached hydrogen (secondary N) is 1. The van der Waals surface area contributed by atoms with Gasteiger partial charge in [-0.2, -0.15) is 0 Å². The lowest BCUT2D eigenvalue weighted by Crippen LogP contribution is -2.21. The van der Waals surface area contributed by atoms with Crippen LogP contribution < -0.4 is 5.56 Å². The number of carbonyl (C=O) groups excluding carboxylic acids is 1. The summed E-state index contributed by atoms with van der Waals surface area (Å²) in [5.74, 6) is -0.619. The largest absolute Gasteiger partial charge is 0.465 e. The first-order chi connectivity index (χ1) is 9.11. The molecule has 0 amide bonds. The smallest absolute Gasteiger partial charge is 0.343 e. The molecule has 1 heterocycles. The molecule has 0 fully saturated rings. The van der Waals surface area contributed by atoms with Crippen molar-refractivity contribution in [3.05, 3.63) is 68.0 Å². The van der Waals surface area contributed by atoms with Crippen LogP contribution in [0.2, 0.25) is 0 Å². The molecule has 1 aromatic heterocycles. The highest BCUT2D eigenvalue weighted by atomic mass is 79.9. The van der Waals surface area contributed by atoms with E-state index in [4.69, 9.17) is 0 Å². The Kier molecular flexibility index (Phi) is 4.16. The highest BCUT2D eigenvalue weighted by Gasteiger charge is 2.16. The van der Waals surface area contributed by atoms with Gasteiger partial charge in [0.15, 0.2) is 0 Å². The van der Waals surface area contributed by atoms with Crippen LogP contribution in [-0.4, -0.2) is 18.1 Å². The van der Waals surface area contributed by atoms with Crippen molar-refractivity contribution in [3.8, 4) is 0 Å². The molecule has 0 aliphatic carbocycles. The molecule has 0 atom stereocenters. The summed E-state index contributed by atoms with van der Waals surface area (Å²) in [6.07, 6.45) is 2.02. The molecule has 0 spiro atoms. The number of rotatable bonds is 3. The van der Waals surface area contributed by atoms with Crippen molar-refractivity contribution in [2.24, 2.45) is 0 Å². The van der Waals surface area contributed by atoms with E-state index >= 15 is 0 Å². The molecule has 0 aliphatic rings. The molecule has 19 heavy (non-hydrogen) atoms. The van der Waals surface area contributed by atoms with Crippen molar-refractivity contribution in [2.75, 3.05) is 7.11 Å². The fourth-order valence-corrected chi connectivity index (χ4v) is 2.31. The number of aromatic amines is 1. The molecule has 2 rings (SSSR count). The molecule has 0 bridgehead atoms. The number of ether oxygens (including phenoxy) is 1. The van der Waals surface area contributed by atoms with Gasteiger partial charge in [-0.1, -0.05) is 28.1 Å². The zero-order valence-corrected chi connectivity index (χ0v) is 11.9. The van der Waals surface area contributed by atoms with Gasteiger partial charge in [0.2, 0.25) is 0 Å². The predicted octanol–water partition coefficient (Wildman–Crippen LogP) is 2.51. The van der Waals surface area contributed by atoms with E-state index in [1.165, 1.54) is 13.3 Å². The van der Waals surface area contributed by atoms with Gasteiger partial charge in [0, 0.05) is 10.7 Å². The Morgan fingerprint density at radius 3 is 2.84 bits per heavy atom. The third-order valence-electron chi connectivity index (χ3n) is 2.72.